The van der Waals surface area contributed by atoms with Crippen molar-refractivity contribution in [2.45, 2.75) is 18.9 Å². The molecule has 2 aromatic carbocycles. The average Bonchev–Trinajstić information content (AvgIpc) is 2.56. The molecule has 3 heteroatoms. The maximum atomic E-state index is 13.1. The van der Waals surface area contributed by atoms with Gasteiger partial charge in [0.05, 0.1) is 0 Å². The van der Waals surface area contributed by atoms with Gasteiger partial charge in [0, 0.05) is 19.0 Å². The highest BCUT2D eigenvalue weighted by Crippen LogP contribution is 2.34. The minimum absolute atomic E-state index is 0.173. The molecular formula is C19H21ClFN. The zero-order valence-electron chi connectivity index (χ0n) is 12.6. The smallest absolute Gasteiger partial charge is 0.123 e. The Kier molecular flexibility index (Phi) is 5.12. The molecule has 0 unspecified atom stereocenters. The number of hydrogen-bond donors (Lipinski definition) is 0. The Morgan fingerprint density at radius 3 is 2.45 bits per heavy atom. The van der Waals surface area contributed by atoms with Crippen molar-refractivity contribution >= 4 is 11.6 Å². The number of alkyl halides is 1. The second-order valence-corrected chi connectivity index (χ2v) is 6.39. The van der Waals surface area contributed by atoms with E-state index in [2.05, 4.69) is 29.2 Å². The van der Waals surface area contributed by atoms with E-state index in [0.717, 1.165) is 26.1 Å². The largest absolute Gasteiger partial charge is 0.299 e. The molecule has 1 fully saturated rings. The summed E-state index contributed by atoms with van der Waals surface area (Å²) in [4.78, 5) is 2.47. The standard InChI is InChI=1S/C19H21ClFN/c20-12-17-14-22(13-15-4-2-1-3-5-15)11-10-19(17)16-6-8-18(21)9-7-16/h1-9,17,19H,10-14H2/t17-,19+/m1/s1. The molecular weight excluding hydrogens is 297 g/mol. The molecule has 0 radical (unpaired) electrons. The minimum atomic E-state index is -0.173. The van der Waals surface area contributed by atoms with Gasteiger partial charge >= 0.3 is 0 Å². The molecule has 0 spiro atoms. The molecule has 0 aromatic heterocycles. The van der Waals surface area contributed by atoms with Gasteiger partial charge in [-0.25, -0.2) is 4.39 Å². The molecule has 1 nitrogen and oxygen atoms in total. The number of halogens is 2. The normalized spacial score (nSPS) is 22.6. The van der Waals surface area contributed by atoms with Crippen molar-refractivity contribution in [2.24, 2.45) is 5.92 Å². The van der Waals surface area contributed by atoms with Gasteiger partial charge in [0.25, 0.3) is 0 Å². The predicted molar refractivity (Wildman–Crippen MR) is 89.7 cm³/mol. The van der Waals surface area contributed by atoms with E-state index in [1.807, 2.05) is 18.2 Å². The molecule has 116 valence electrons. The van der Waals surface area contributed by atoms with Crippen LogP contribution in [0, 0.1) is 11.7 Å². The fourth-order valence-corrected chi connectivity index (χ4v) is 3.71. The Hall–Kier alpha value is -1.38. The van der Waals surface area contributed by atoms with Crippen molar-refractivity contribution in [3.05, 3.63) is 71.5 Å². The molecule has 3 rings (SSSR count). The van der Waals surface area contributed by atoms with Crippen molar-refractivity contribution in [1.82, 2.24) is 4.90 Å². The maximum absolute atomic E-state index is 13.1. The lowest BCUT2D eigenvalue weighted by atomic mass is 9.81. The first-order valence-corrected chi connectivity index (χ1v) is 8.37. The zero-order valence-corrected chi connectivity index (χ0v) is 13.3. The highest BCUT2D eigenvalue weighted by Gasteiger charge is 2.29. The molecule has 0 bridgehead atoms. The summed E-state index contributed by atoms with van der Waals surface area (Å²) in [5, 5.41) is 0. The Morgan fingerprint density at radius 2 is 1.77 bits per heavy atom. The monoisotopic (exact) mass is 317 g/mol. The van der Waals surface area contributed by atoms with E-state index >= 15 is 0 Å². The first-order valence-electron chi connectivity index (χ1n) is 7.84. The fraction of sp³-hybridized carbons (Fsp3) is 0.368. The molecule has 0 saturated carbocycles. The van der Waals surface area contributed by atoms with E-state index in [1.54, 1.807) is 12.1 Å². The molecule has 2 atom stereocenters. The van der Waals surface area contributed by atoms with E-state index in [1.165, 1.54) is 11.1 Å². The van der Waals surface area contributed by atoms with Crippen LogP contribution in [0.4, 0.5) is 4.39 Å². The van der Waals surface area contributed by atoms with Gasteiger partial charge < -0.3 is 0 Å². The first kappa shape index (κ1) is 15.5. The number of hydrogen-bond acceptors (Lipinski definition) is 1. The fourth-order valence-electron chi connectivity index (χ4n) is 3.40. The van der Waals surface area contributed by atoms with Crippen molar-refractivity contribution < 1.29 is 4.39 Å². The summed E-state index contributed by atoms with van der Waals surface area (Å²) in [5.74, 6) is 1.33. The number of nitrogens with zero attached hydrogens (tertiary/aromatic N) is 1. The molecule has 1 aliphatic heterocycles. The zero-order chi connectivity index (χ0) is 15.4. The molecule has 1 heterocycles. The summed E-state index contributed by atoms with van der Waals surface area (Å²) in [6.45, 7) is 3.04. The minimum Gasteiger partial charge on any atom is -0.299 e. The van der Waals surface area contributed by atoms with Gasteiger partial charge in [-0.3, -0.25) is 4.90 Å². The van der Waals surface area contributed by atoms with Gasteiger partial charge in [-0.1, -0.05) is 42.5 Å². The third-order valence-corrected chi connectivity index (χ3v) is 4.96. The van der Waals surface area contributed by atoms with Crippen molar-refractivity contribution in [1.29, 1.82) is 0 Å². The van der Waals surface area contributed by atoms with E-state index < -0.39 is 0 Å². The lowest BCUT2D eigenvalue weighted by Crippen LogP contribution is -2.39. The second kappa shape index (κ2) is 7.26. The Labute approximate surface area is 136 Å². The van der Waals surface area contributed by atoms with Crippen molar-refractivity contribution in [3.8, 4) is 0 Å². The molecule has 1 saturated heterocycles. The van der Waals surface area contributed by atoms with Crippen LogP contribution in [-0.4, -0.2) is 23.9 Å². The van der Waals surface area contributed by atoms with Crippen molar-refractivity contribution in [2.75, 3.05) is 19.0 Å². The molecule has 2 aromatic rings. The van der Waals surface area contributed by atoms with Crippen LogP contribution in [0.2, 0.25) is 0 Å². The van der Waals surface area contributed by atoms with Crippen LogP contribution in [0.5, 0.6) is 0 Å². The van der Waals surface area contributed by atoms with Crippen LogP contribution in [0.15, 0.2) is 54.6 Å². The molecule has 1 aliphatic rings. The quantitative estimate of drug-likeness (QED) is 0.741. The summed E-state index contributed by atoms with van der Waals surface area (Å²) < 4.78 is 13.1. The van der Waals surface area contributed by atoms with Crippen LogP contribution in [0.3, 0.4) is 0 Å². The van der Waals surface area contributed by atoms with Gasteiger partial charge in [0.15, 0.2) is 0 Å². The summed E-state index contributed by atoms with van der Waals surface area (Å²) in [6.07, 6.45) is 1.08. The van der Waals surface area contributed by atoms with Gasteiger partial charge in [0.1, 0.15) is 5.82 Å². The van der Waals surface area contributed by atoms with E-state index in [9.17, 15) is 4.39 Å². The van der Waals surface area contributed by atoms with E-state index in [4.69, 9.17) is 11.6 Å². The van der Waals surface area contributed by atoms with Crippen molar-refractivity contribution in [3.63, 3.8) is 0 Å². The molecule has 0 N–H and O–H groups in total. The third kappa shape index (κ3) is 3.68. The van der Waals surface area contributed by atoms with E-state index in [0.29, 0.717) is 17.7 Å². The highest BCUT2D eigenvalue weighted by atomic mass is 35.5. The summed E-state index contributed by atoms with van der Waals surface area (Å²) in [7, 11) is 0. The molecule has 0 aliphatic carbocycles. The average molecular weight is 318 g/mol. The summed E-state index contributed by atoms with van der Waals surface area (Å²) >= 11 is 6.22. The SMILES string of the molecule is Fc1ccc([C@@H]2CCN(Cc3ccccc3)C[C@H]2CCl)cc1. The molecule has 0 amide bonds. The van der Waals surface area contributed by atoms with Gasteiger partial charge in [0.2, 0.25) is 0 Å². The summed E-state index contributed by atoms with van der Waals surface area (Å²) in [5.41, 5.74) is 2.56. The van der Waals surface area contributed by atoms with Gasteiger partial charge in [-0.05, 0) is 48.1 Å². The van der Waals surface area contributed by atoms with Gasteiger partial charge in [-0.2, -0.15) is 0 Å². The second-order valence-electron chi connectivity index (χ2n) is 6.08. The predicted octanol–water partition coefficient (Wildman–Crippen LogP) is 4.67. The number of likely N-dealkylation sites (tertiary alicyclic amines) is 1. The summed E-state index contributed by atoms with van der Waals surface area (Å²) in [6, 6.07) is 17.5. The Bertz CT molecular complexity index is 584. The van der Waals surface area contributed by atoms with E-state index in [-0.39, 0.29) is 5.82 Å². The van der Waals surface area contributed by atoms with Crippen LogP contribution in [0.25, 0.3) is 0 Å². The maximum Gasteiger partial charge on any atom is 0.123 e. The number of rotatable bonds is 4. The van der Waals surface area contributed by atoms with Crippen LogP contribution in [0.1, 0.15) is 23.5 Å². The Morgan fingerprint density at radius 1 is 1.05 bits per heavy atom. The topological polar surface area (TPSA) is 3.24 Å². The lowest BCUT2D eigenvalue weighted by molar-refractivity contribution is 0.158. The number of piperidine rings is 1. The lowest BCUT2D eigenvalue weighted by Gasteiger charge is -2.38. The molecule has 22 heavy (non-hydrogen) atoms. The highest BCUT2D eigenvalue weighted by molar-refractivity contribution is 6.18. The third-order valence-electron chi connectivity index (χ3n) is 4.56. The van der Waals surface area contributed by atoms with Gasteiger partial charge in [-0.15, -0.1) is 11.6 Å². The first-order chi connectivity index (χ1) is 10.8. The van der Waals surface area contributed by atoms with Crippen LogP contribution >= 0.6 is 11.6 Å². The number of benzene rings is 2. The Balaban J connectivity index is 1.67. The van der Waals surface area contributed by atoms with Crippen LogP contribution < -0.4 is 0 Å². The van der Waals surface area contributed by atoms with Crippen LogP contribution in [-0.2, 0) is 6.54 Å².